The zero-order valence-corrected chi connectivity index (χ0v) is 6.67. The van der Waals surface area contributed by atoms with Crippen molar-refractivity contribution >= 4 is 11.6 Å². The summed E-state index contributed by atoms with van der Waals surface area (Å²) in [5, 5.41) is 0. The minimum atomic E-state index is 0.0119. The maximum Gasteiger partial charge on any atom is 0.0938 e. The third kappa shape index (κ3) is 6.04. The Bertz CT molecular complexity index is 97.7. The van der Waals surface area contributed by atoms with Gasteiger partial charge in [-0.1, -0.05) is 11.6 Å². The van der Waals surface area contributed by atoms with Crippen molar-refractivity contribution in [2.24, 2.45) is 5.90 Å². The summed E-state index contributed by atoms with van der Waals surface area (Å²) in [5.41, 5.74) is 1.41. The van der Waals surface area contributed by atoms with Crippen molar-refractivity contribution in [3.05, 3.63) is 11.6 Å². The van der Waals surface area contributed by atoms with Gasteiger partial charge in [0, 0.05) is 5.54 Å². The molecular weight excluding hydrogens is 154 g/mol. The maximum atomic E-state index is 5.25. The molecule has 0 bridgehead atoms. The van der Waals surface area contributed by atoms with Crippen molar-refractivity contribution in [1.82, 2.24) is 0 Å². The van der Waals surface area contributed by atoms with Crippen LogP contribution in [0.1, 0.15) is 6.92 Å². The van der Waals surface area contributed by atoms with Gasteiger partial charge in [-0.25, -0.2) is 5.90 Å². The van der Waals surface area contributed by atoms with Crippen LogP contribution in [0.4, 0.5) is 0 Å². The van der Waals surface area contributed by atoms with E-state index < -0.39 is 0 Å². The predicted molar refractivity (Wildman–Crippen MR) is 40.5 cm³/mol. The number of ether oxygens (including phenoxy) is 1. The van der Waals surface area contributed by atoms with Crippen LogP contribution in [0.2, 0.25) is 0 Å². The van der Waals surface area contributed by atoms with Crippen LogP contribution in [0.15, 0.2) is 11.6 Å². The summed E-state index contributed by atoms with van der Waals surface area (Å²) in [6.45, 7) is 2.76. The van der Waals surface area contributed by atoms with Crippen molar-refractivity contribution in [1.29, 1.82) is 0 Å². The summed E-state index contributed by atoms with van der Waals surface area (Å²) in [7, 11) is 0. The van der Waals surface area contributed by atoms with Gasteiger partial charge >= 0.3 is 0 Å². The van der Waals surface area contributed by atoms with Gasteiger partial charge in [0.2, 0.25) is 0 Å². The Balaban J connectivity index is 3.12. The zero-order valence-electron chi connectivity index (χ0n) is 5.92. The Kier molecular flexibility index (Phi) is 6.96. The number of hydrogen-bond acceptors (Lipinski definition) is 3. The Morgan fingerprint density at radius 3 is 2.90 bits per heavy atom. The first-order valence-electron chi connectivity index (χ1n) is 2.99. The monoisotopic (exact) mass is 165 g/mol. The molecule has 0 aliphatic heterocycles. The van der Waals surface area contributed by atoms with Crippen LogP contribution >= 0.6 is 11.6 Å². The van der Waals surface area contributed by atoms with E-state index in [9.17, 15) is 0 Å². The largest absolute Gasteiger partial charge is 0.372 e. The Morgan fingerprint density at radius 2 is 2.40 bits per heavy atom. The van der Waals surface area contributed by atoms with E-state index in [2.05, 4.69) is 4.84 Å². The Morgan fingerprint density at radius 1 is 1.70 bits per heavy atom. The molecule has 2 N–H and O–H groups in total. The van der Waals surface area contributed by atoms with Crippen molar-refractivity contribution < 1.29 is 9.57 Å². The van der Waals surface area contributed by atoms with Gasteiger partial charge in [0.05, 0.1) is 19.3 Å². The summed E-state index contributed by atoms with van der Waals surface area (Å²) in [5.74, 6) is 4.81. The zero-order chi connectivity index (χ0) is 7.82. The molecule has 0 saturated heterocycles. The van der Waals surface area contributed by atoms with Crippen LogP contribution in [0, 0.1) is 0 Å². The fourth-order valence-corrected chi connectivity index (χ4v) is 0.513. The molecule has 0 aromatic rings. The molecule has 0 rings (SSSR count). The van der Waals surface area contributed by atoms with Gasteiger partial charge in [0.25, 0.3) is 0 Å². The summed E-state index contributed by atoms with van der Waals surface area (Å²) in [4.78, 5) is 4.35. The molecule has 4 heteroatoms. The molecule has 0 heterocycles. The Hall–Kier alpha value is -0.0900. The van der Waals surface area contributed by atoms with Crippen LogP contribution < -0.4 is 5.90 Å². The lowest BCUT2D eigenvalue weighted by atomic mass is 10.4. The molecule has 0 fully saturated rings. The van der Waals surface area contributed by atoms with Crippen molar-refractivity contribution in [3.63, 3.8) is 0 Å². The summed E-state index contributed by atoms with van der Waals surface area (Å²) < 4.78 is 5.15. The molecule has 0 aliphatic rings. The third-order valence-corrected chi connectivity index (χ3v) is 1.08. The molecule has 0 spiro atoms. The minimum absolute atomic E-state index is 0.0119. The lowest BCUT2D eigenvalue weighted by Gasteiger charge is -2.08. The van der Waals surface area contributed by atoms with Crippen LogP contribution in [-0.4, -0.2) is 19.3 Å². The molecule has 0 radical (unpaired) electrons. The highest BCUT2D eigenvalue weighted by Crippen LogP contribution is 1.90. The van der Waals surface area contributed by atoms with E-state index in [1.54, 1.807) is 6.08 Å². The van der Waals surface area contributed by atoms with E-state index in [0.29, 0.717) is 13.2 Å². The lowest BCUT2D eigenvalue weighted by molar-refractivity contribution is 0.00400. The Labute approximate surface area is 65.7 Å². The molecule has 0 amide bonds. The van der Waals surface area contributed by atoms with Gasteiger partial charge in [-0.05, 0) is 13.0 Å². The van der Waals surface area contributed by atoms with Gasteiger partial charge in [0.1, 0.15) is 0 Å². The van der Waals surface area contributed by atoms with E-state index >= 15 is 0 Å². The van der Waals surface area contributed by atoms with Gasteiger partial charge in [-0.3, -0.25) is 0 Å². The fraction of sp³-hybridized carbons (Fsp3) is 0.667. The predicted octanol–water partition coefficient (Wildman–Crippen LogP) is 1.03. The molecule has 3 nitrogen and oxygen atoms in total. The highest BCUT2D eigenvalue weighted by Gasteiger charge is 1.97. The average Bonchev–Trinajstić information content (AvgIpc) is 1.89. The topological polar surface area (TPSA) is 44.5 Å². The molecule has 10 heavy (non-hydrogen) atoms. The van der Waals surface area contributed by atoms with Gasteiger partial charge < -0.3 is 9.57 Å². The average molecular weight is 166 g/mol. The normalized spacial score (nSPS) is 14.3. The molecule has 60 valence electrons. The van der Waals surface area contributed by atoms with Gasteiger partial charge in [-0.15, -0.1) is 0 Å². The first-order chi connectivity index (χ1) is 4.81. The van der Waals surface area contributed by atoms with E-state index in [0.717, 1.165) is 0 Å². The second kappa shape index (κ2) is 7.02. The second-order valence-electron chi connectivity index (χ2n) is 1.84. The fourth-order valence-electron chi connectivity index (χ4n) is 0.440. The molecular formula is C6H12ClNO2. The quantitative estimate of drug-likeness (QED) is 0.619. The van der Waals surface area contributed by atoms with Crippen LogP contribution in [0.5, 0.6) is 0 Å². The molecule has 0 aliphatic carbocycles. The first-order valence-corrected chi connectivity index (χ1v) is 3.43. The summed E-state index contributed by atoms with van der Waals surface area (Å²) in [6, 6.07) is 0. The van der Waals surface area contributed by atoms with Crippen LogP contribution in [0.3, 0.4) is 0 Å². The van der Waals surface area contributed by atoms with Gasteiger partial charge in [0.15, 0.2) is 0 Å². The molecule has 0 saturated carbocycles. The van der Waals surface area contributed by atoms with Crippen molar-refractivity contribution in [2.45, 2.75) is 13.0 Å². The van der Waals surface area contributed by atoms with E-state index in [-0.39, 0.29) is 6.10 Å². The smallest absolute Gasteiger partial charge is 0.0938 e. The van der Waals surface area contributed by atoms with Crippen LogP contribution in [-0.2, 0) is 9.57 Å². The highest BCUT2D eigenvalue weighted by atomic mass is 35.5. The standard InChI is InChI=1S/C6H12ClNO2/c1-6(5-10-8)9-4-2-3-7/h2-3,6H,4-5,8H2,1H3. The van der Waals surface area contributed by atoms with E-state index in [1.165, 1.54) is 5.54 Å². The molecule has 1 atom stereocenters. The highest BCUT2D eigenvalue weighted by molar-refractivity contribution is 6.25. The minimum Gasteiger partial charge on any atom is -0.372 e. The number of rotatable bonds is 5. The first kappa shape index (κ1) is 9.91. The molecule has 0 aromatic heterocycles. The molecule has 1 unspecified atom stereocenters. The van der Waals surface area contributed by atoms with E-state index in [1.807, 2.05) is 6.92 Å². The number of hydrogen-bond donors (Lipinski definition) is 1. The number of nitrogens with two attached hydrogens (primary N) is 1. The molecule has 0 aromatic carbocycles. The van der Waals surface area contributed by atoms with Crippen LogP contribution in [0.25, 0.3) is 0 Å². The number of halogens is 1. The second-order valence-corrected chi connectivity index (χ2v) is 2.09. The van der Waals surface area contributed by atoms with Crippen molar-refractivity contribution in [2.75, 3.05) is 13.2 Å². The third-order valence-electron chi connectivity index (χ3n) is 0.897. The van der Waals surface area contributed by atoms with Crippen molar-refractivity contribution in [3.8, 4) is 0 Å². The maximum absolute atomic E-state index is 5.25. The summed E-state index contributed by atoms with van der Waals surface area (Å²) in [6.07, 6.45) is 1.71. The van der Waals surface area contributed by atoms with Gasteiger partial charge in [-0.2, -0.15) is 0 Å². The lowest BCUT2D eigenvalue weighted by Crippen LogP contribution is -2.18. The summed E-state index contributed by atoms with van der Waals surface area (Å²) >= 11 is 5.25. The van der Waals surface area contributed by atoms with E-state index in [4.69, 9.17) is 22.2 Å². The SMILES string of the molecule is CC(CON)OCC=CCl.